The molecule has 8 bridgehead atoms. The minimum Gasteiger partial charge on any atom is -0.664 e. The van der Waals surface area contributed by atoms with Crippen LogP contribution in [0.25, 0.3) is 33.3 Å². The van der Waals surface area contributed by atoms with Gasteiger partial charge in [-0.05, 0) is 68.6 Å². The van der Waals surface area contributed by atoms with Crippen LogP contribution in [0.5, 0.6) is 0 Å². The number of carbonyl (C=O) groups is 3. The van der Waals surface area contributed by atoms with E-state index in [1.165, 1.54) is 7.11 Å². The first-order chi connectivity index (χ1) is 21.0. The number of methoxy groups -OCH3 is 1. The van der Waals surface area contributed by atoms with Crippen molar-refractivity contribution in [2.45, 2.75) is 71.6 Å². The fourth-order valence-electron chi connectivity index (χ4n) is 6.92. The molecule has 0 unspecified atom stereocenters. The van der Waals surface area contributed by atoms with Gasteiger partial charge in [-0.1, -0.05) is 55.8 Å². The number of aryl methyl sites for hydroxylation is 2. The molecule has 2 aromatic rings. The molecule has 46 heavy (non-hydrogen) atoms. The number of aromatic nitrogens is 4. The van der Waals surface area contributed by atoms with Crippen molar-refractivity contribution in [1.82, 2.24) is 19.9 Å². The van der Waals surface area contributed by atoms with Gasteiger partial charge in [0.2, 0.25) is 0 Å². The second-order valence-electron chi connectivity index (χ2n) is 11.7. The molecule has 3 aliphatic heterocycles. The van der Waals surface area contributed by atoms with E-state index < -0.39 is 29.6 Å². The zero-order valence-corrected chi connectivity index (χ0v) is 29.9. The summed E-state index contributed by atoms with van der Waals surface area (Å²) in [5, 5.41) is 11.6. The van der Waals surface area contributed by atoms with Gasteiger partial charge in [0.05, 0.1) is 29.9 Å². The number of rotatable bonds is 6. The summed E-state index contributed by atoms with van der Waals surface area (Å²) in [6.07, 6.45) is 2.53. The van der Waals surface area contributed by atoms with Crippen LogP contribution in [0.15, 0.2) is 30.9 Å². The topological polar surface area (TPSA) is 137 Å². The molecule has 0 N–H and O–H groups in total. The minimum absolute atomic E-state index is 0. The van der Waals surface area contributed by atoms with Crippen LogP contribution in [0.2, 0.25) is 0 Å². The van der Waals surface area contributed by atoms with Crippen LogP contribution in [-0.2, 0) is 42.6 Å². The second kappa shape index (κ2) is 13.5. The van der Waals surface area contributed by atoms with Crippen LogP contribution in [-0.4, -0.2) is 34.8 Å². The van der Waals surface area contributed by atoms with E-state index in [4.69, 9.17) is 24.7 Å². The number of esters is 1. The molecule has 1 radical (unpaired) electrons. The molecule has 0 aromatic carbocycles. The van der Waals surface area contributed by atoms with Crippen LogP contribution in [0, 0.1) is 6.92 Å². The molecule has 0 saturated heterocycles. The molecule has 0 amide bonds. The maximum absolute atomic E-state index is 14.0. The number of aliphatic carboxylic acids is 1. The van der Waals surface area contributed by atoms with Crippen molar-refractivity contribution in [3.8, 4) is 0 Å². The first-order valence-electron chi connectivity index (χ1n) is 14.8. The number of allylic oxidation sites excluding steroid dienone is 5. The largest absolute Gasteiger partial charge is 2.00 e. The van der Waals surface area contributed by atoms with Gasteiger partial charge >= 0.3 is 52.6 Å². The number of nitrogens with zero attached hydrogens (tertiary/aromatic N) is 4. The van der Waals surface area contributed by atoms with Gasteiger partial charge in [0.15, 0.2) is 5.78 Å². The van der Waals surface area contributed by atoms with E-state index in [1.54, 1.807) is 6.08 Å². The molecule has 2 aromatic heterocycles. The predicted octanol–water partition coefficient (Wildman–Crippen LogP) is 1.47. The maximum Gasteiger partial charge on any atom is 2.00 e. The zero-order valence-electron chi connectivity index (χ0n) is 27.0. The summed E-state index contributed by atoms with van der Waals surface area (Å²) in [6, 6.07) is 5.76. The van der Waals surface area contributed by atoms with Gasteiger partial charge in [0.1, 0.15) is 5.92 Å². The van der Waals surface area contributed by atoms with Gasteiger partial charge in [0, 0.05) is 17.1 Å². The summed E-state index contributed by atoms with van der Waals surface area (Å²) >= 11 is 0. The zero-order chi connectivity index (χ0) is 31.6. The number of Topliss-reactive ketones (excluding diaryl/α,β-unsaturated/α-hetero) is 1. The van der Waals surface area contributed by atoms with Crippen molar-refractivity contribution in [1.29, 1.82) is 0 Å². The molecule has 0 fully saturated rings. The molecular formula is C35H33CuN4NaO5. The van der Waals surface area contributed by atoms with Gasteiger partial charge in [-0.2, -0.15) is 5.69 Å². The average Bonchev–Trinajstić information content (AvgIpc) is 3.72. The van der Waals surface area contributed by atoms with Crippen molar-refractivity contribution in [3.05, 3.63) is 81.7 Å². The average molecular weight is 676 g/mol. The maximum atomic E-state index is 14.0. The quantitative estimate of drug-likeness (QED) is 0.253. The number of ketones is 1. The van der Waals surface area contributed by atoms with Crippen LogP contribution >= 0.6 is 0 Å². The third-order valence-corrected chi connectivity index (χ3v) is 9.41. The Hall–Kier alpha value is -3.27. The number of hydrogen-bond donors (Lipinski definition) is 0. The minimum atomic E-state index is -1.25. The molecule has 5 heterocycles. The Labute approximate surface area is 300 Å². The van der Waals surface area contributed by atoms with Crippen LogP contribution in [0.4, 0.5) is 0 Å². The van der Waals surface area contributed by atoms with E-state index in [0.717, 1.165) is 45.4 Å². The standard InChI is InChI=1S/C35H36N4O5.Cu.Na/c1-8-19-15(3)22-12-24-17(5)21(10-11-28(40)41)32(38-24)30-31(35(43)44-7)34(42)29-18(6)25(39-33(29)30)14-27-20(9-2)16(4)23(37-27)13-26(19)36-22;;/h8,12-14,17,21,31H,1,9-11H2,2-7H3,(H3,36,37,38,39,40,41,42);;/q;+2;+1/p-3/t17-,21-,31+;;/m0../s1. The summed E-state index contributed by atoms with van der Waals surface area (Å²) in [4.78, 5) is 58.6. The first kappa shape index (κ1) is 35.6. The Morgan fingerprint density at radius 3 is 2.35 bits per heavy atom. The summed E-state index contributed by atoms with van der Waals surface area (Å²) < 4.78 is 5.10. The summed E-state index contributed by atoms with van der Waals surface area (Å²) in [6.45, 7) is 13.9. The van der Waals surface area contributed by atoms with Gasteiger partial charge in [-0.3, -0.25) is 9.59 Å². The van der Waals surface area contributed by atoms with Gasteiger partial charge in [-0.25, -0.2) is 9.97 Å². The van der Waals surface area contributed by atoms with E-state index in [2.05, 4.69) is 13.5 Å². The van der Waals surface area contributed by atoms with Crippen molar-refractivity contribution < 1.29 is 70.9 Å². The normalized spacial score (nSPS) is 19.0. The molecular weight excluding hydrogens is 643 g/mol. The fourth-order valence-corrected chi connectivity index (χ4v) is 6.92. The van der Waals surface area contributed by atoms with E-state index in [-0.39, 0.29) is 65.4 Å². The predicted molar refractivity (Wildman–Crippen MR) is 165 cm³/mol. The van der Waals surface area contributed by atoms with Crippen molar-refractivity contribution in [2.75, 3.05) is 7.11 Å². The third-order valence-electron chi connectivity index (χ3n) is 9.41. The van der Waals surface area contributed by atoms with Crippen molar-refractivity contribution in [2.24, 2.45) is 0 Å². The van der Waals surface area contributed by atoms with Crippen LogP contribution in [0.3, 0.4) is 0 Å². The van der Waals surface area contributed by atoms with Gasteiger partial charge in [-0.15, -0.1) is 16.7 Å². The number of hydrogen-bond acceptors (Lipinski definition) is 7. The molecule has 6 rings (SSSR count). The molecule has 9 nitrogen and oxygen atoms in total. The Balaban J connectivity index is 0.00000240. The first-order valence-corrected chi connectivity index (χ1v) is 14.8. The Bertz CT molecular complexity index is 1950. The monoisotopic (exact) mass is 675 g/mol. The second-order valence-corrected chi connectivity index (χ2v) is 11.7. The van der Waals surface area contributed by atoms with Gasteiger partial charge in [0.25, 0.3) is 0 Å². The number of carboxylic acid groups (broad SMARTS) is 1. The Morgan fingerprint density at radius 1 is 1.04 bits per heavy atom. The Kier molecular flexibility index (Phi) is 10.4. The van der Waals surface area contributed by atoms with Crippen LogP contribution in [0.1, 0.15) is 109 Å². The smallest absolute Gasteiger partial charge is 0.664 e. The third kappa shape index (κ3) is 5.54. The van der Waals surface area contributed by atoms with E-state index >= 15 is 0 Å². The van der Waals surface area contributed by atoms with Gasteiger partial charge < -0.3 is 24.6 Å². The number of ether oxygens (including phenoxy) is 1. The fraction of sp³-hybridized carbons (Fsp3) is 0.343. The molecule has 0 spiro atoms. The van der Waals surface area contributed by atoms with Crippen molar-refractivity contribution in [3.63, 3.8) is 0 Å². The molecule has 4 aliphatic rings. The summed E-state index contributed by atoms with van der Waals surface area (Å²) in [5.41, 5.74) is 10.4. The Morgan fingerprint density at radius 2 is 1.72 bits per heavy atom. The summed E-state index contributed by atoms with van der Waals surface area (Å²) in [7, 11) is 1.25. The van der Waals surface area contributed by atoms with E-state index in [9.17, 15) is 19.5 Å². The molecule has 11 heteroatoms. The number of carbonyl (C=O) groups excluding carboxylic acids is 3. The SMILES string of the molecule is C=CC1=C(C)c2cc3[n-]c(c4c5nc(cc6[n-]c(cc1n2)c(C)c6CC)C(C)=C5C(=O)[C@@H]4C(=O)OC)[C@@H](CCC(=O)[O-])[C@@H]3C.[Cu+2].[Na+]. The van der Waals surface area contributed by atoms with E-state index in [1.807, 2.05) is 45.9 Å². The van der Waals surface area contributed by atoms with E-state index in [0.29, 0.717) is 45.2 Å². The number of fused-ring (bicyclic) bond motifs is 8. The molecule has 1 aliphatic carbocycles. The summed E-state index contributed by atoms with van der Waals surface area (Å²) in [5.74, 6) is -4.18. The molecule has 235 valence electrons. The number of carboxylic acids is 1. The van der Waals surface area contributed by atoms with Crippen LogP contribution < -0.4 is 44.6 Å². The molecule has 0 saturated carbocycles. The van der Waals surface area contributed by atoms with Crippen molar-refractivity contribution >= 4 is 51.0 Å². The molecule has 3 atom stereocenters.